The average Bonchev–Trinajstić information content (AvgIpc) is 2.86. The van der Waals surface area contributed by atoms with Gasteiger partial charge in [-0.2, -0.15) is 4.98 Å². The molecule has 1 heterocycles. The molecule has 21 heavy (non-hydrogen) atoms. The van der Waals surface area contributed by atoms with Gasteiger partial charge in [-0.3, -0.25) is 4.79 Å². The second-order valence-corrected chi connectivity index (χ2v) is 6.21. The summed E-state index contributed by atoms with van der Waals surface area (Å²) in [4.78, 5) is 17.0. The van der Waals surface area contributed by atoms with Gasteiger partial charge >= 0.3 is 0 Å². The molecule has 0 N–H and O–H groups in total. The fourth-order valence-electron chi connectivity index (χ4n) is 1.87. The summed E-state index contributed by atoms with van der Waals surface area (Å²) in [6, 6.07) is 8.13. The molecule has 0 saturated carbocycles. The number of benzene rings is 1. The Balaban J connectivity index is 2.16. The van der Waals surface area contributed by atoms with Crippen LogP contribution in [0.1, 0.15) is 39.1 Å². The molecule has 1 aromatic heterocycles. The molecule has 0 aliphatic heterocycles. The highest BCUT2D eigenvalue weighted by Crippen LogP contribution is 2.25. The van der Waals surface area contributed by atoms with Crippen molar-refractivity contribution in [1.29, 1.82) is 0 Å². The first-order chi connectivity index (χ1) is 9.77. The van der Waals surface area contributed by atoms with Gasteiger partial charge in [0.2, 0.25) is 17.6 Å². The predicted molar refractivity (Wildman–Crippen MR) is 80.6 cm³/mol. The molecule has 5 heteroatoms. The van der Waals surface area contributed by atoms with Gasteiger partial charge < -0.3 is 9.42 Å². The van der Waals surface area contributed by atoms with Gasteiger partial charge in [0.05, 0.1) is 6.54 Å². The van der Waals surface area contributed by atoms with Gasteiger partial charge in [0.15, 0.2) is 0 Å². The van der Waals surface area contributed by atoms with E-state index in [4.69, 9.17) is 4.52 Å². The van der Waals surface area contributed by atoms with Crippen LogP contribution in [-0.4, -0.2) is 28.0 Å². The third-order valence-corrected chi connectivity index (χ3v) is 3.39. The molecular weight excluding hydrogens is 266 g/mol. The van der Waals surface area contributed by atoms with E-state index in [0.29, 0.717) is 18.3 Å². The van der Waals surface area contributed by atoms with Crippen molar-refractivity contribution < 1.29 is 9.32 Å². The summed E-state index contributed by atoms with van der Waals surface area (Å²) in [6.07, 6.45) is 0. The number of rotatable bonds is 3. The standard InChI is InChI=1S/C16H21N3O2/c1-11(20)19(5)10-14-17-15(18-21-14)12-6-8-13(9-7-12)16(2,3)4/h6-9H,10H2,1-5H3. The Hall–Kier alpha value is -2.17. The van der Waals surface area contributed by atoms with E-state index in [1.807, 2.05) is 12.1 Å². The lowest BCUT2D eigenvalue weighted by molar-refractivity contribution is -0.128. The molecule has 0 unspecified atom stereocenters. The highest BCUT2D eigenvalue weighted by molar-refractivity contribution is 5.72. The SMILES string of the molecule is CC(=O)N(C)Cc1nc(-c2ccc(C(C)(C)C)cc2)no1. The highest BCUT2D eigenvalue weighted by atomic mass is 16.5. The van der Waals surface area contributed by atoms with Crippen LogP contribution in [0.15, 0.2) is 28.8 Å². The second-order valence-electron chi connectivity index (χ2n) is 6.21. The first kappa shape index (κ1) is 15.2. The summed E-state index contributed by atoms with van der Waals surface area (Å²) in [5, 5.41) is 3.97. The molecule has 0 spiro atoms. The van der Waals surface area contributed by atoms with Crippen molar-refractivity contribution in [3.63, 3.8) is 0 Å². The molecule has 5 nitrogen and oxygen atoms in total. The van der Waals surface area contributed by atoms with Crippen molar-refractivity contribution in [3.05, 3.63) is 35.7 Å². The Labute approximate surface area is 125 Å². The van der Waals surface area contributed by atoms with Crippen LogP contribution in [0.25, 0.3) is 11.4 Å². The number of aromatic nitrogens is 2. The zero-order chi connectivity index (χ0) is 15.6. The molecule has 0 fully saturated rings. The smallest absolute Gasteiger partial charge is 0.246 e. The van der Waals surface area contributed by atoms with E-state index in [-0.39, 0.29) is 11.3 Å². The van der Waals surface area contributed by atoms with Crippen LogP contribution in [0.2, 0.25) is 0 Å². The van der Waals surface area contributed by atoms with Crippen LogP contribution in [-0.2, 0) is 16.8 Å². The summed E-state index contributed by atoms with van der Waals surface area (Å²) in [7, 11) is 1.70. The molecular formula is C16H21N3O2. The monoisotopic (exact) mass is 287 g/mol. The largest absolute Gasteiger partial charge is 0.337 e. The maximum atomic E-state index is 11.2. The van der Waals surface area contributed by atoms with E-state index in [2.05, 4.69) is 43.0 Å². The minimum atomic E-state index is -0.0377. The summed E-state index contributed by atoms with van der Waals surface area (Å²) in [6.45, 7) is 8.34. The van der Waals surface area contributed by atoms with Gasteiger partial charge in [-0.15, -0.1) is 0 Å². The molecule has 0 bridgehead atoms. The van der Waals surface area contributed by atoms with Gasteiger partial charge in [0.25, 0.3) is 0 Å². The van der Waals surface area contributed by atoms with Crippen LogP contribution in [0.5, 0.6) is 0 Å². The number of amides is 1. The molecule has 0 aliphatic carbocycles. The van der Waals surface area contributed by atoms with Gasteiger partial charge in [-0.1, -0.05) is 50.2 Å². The fourth-order valence-corrected chi connectivity index (χ4v) is 1.87. The minimum Gasteiger partial charge on any atom is -0.337 e. The summed E-state index contributed by atoms with van der Waals surface area (Å²) in [5.74, 6) is 0.939. The van der Waals surface area contributed by atoms with E-state index < -0.39 is 0 Å². The third-order valence-electron chi connectivity index (χ3n) is 3.39. The van der Waals surface area contributed by atoms with E-state index in [1.165, 1.54) is 17.4 Å². The van der Waals surface area contributed by atoms with Crippen molar-refractivity contribution in [1.82, 2.24) is 15.0 Å². The number of nitrogens with zero attached hydrogens (tertiary/aromatic N) is 3. The van der Waals surface area contributed by atoms with Crippen molar-refractivity contribution >= 4 is 5.91 Å². The second kappa shape index (κ2) is 5.68. The molecule has 1 aromatic carbocycles. The predicted octanol–water partition coefficient (Wildman–Crippen LogP) is 3.01. The molecule has 0 atom stereocenters. The van der Waals surface area contributed by atoms with Crippen LogP contribution in [0.3, 0.4) is 0 Å². The lowest BCUT2D eigenvalue weighted by Crippen LogP contribution is -2.23. The van der Waals surface area contributed by atoms with E-state index >= 15 is 0 Å². The number of hydrogen-bond acceptors (Lipinski definition) is 4. The summed E-state index contributed by atoms with van der Waals surface area (Å²) >= 11 is 0. The summed E-state index contributed by atoms with van der Waals surface area (Å²) in [5.41, 5.74) is 2.28. The maximum Gasteiger partial charge on any atom is 0.246 e. The minimum absolute atomic E-state index is 0.0377. The molecule has 0 saturated heterocycles. The molecule has 0 aliphatic rings. The molecule has 2 rings (SSSR count). The first-order valence-corrected chi connectivity index (χ1v) is 6.92. The van der Waals surface area contributed by atoms with Crippen LogP contribution < -0.4 is 0 Å². The van der Waals surface area contributed by atoms with Crippen molar-refractivity contribution in [2.24, 2.45) is 0 Å². The molecule has 0 radical (unpaired) electrons. The van der Waals surface area contributed by atoms with Crippen LogP contribution in [0.4, 0.5) is 0 Å². The van der Waals surface area contributed by atoms with Gasteiger partial charge in [-0.05, 0) is 11.0 Å². The van der Waals surface area contributed by atoms with Gasteiger partial charge in [0.1, 0.15) is 0 Å². The van der Waals surface area contributed by atoms with Crippen molar-refractivity contribution in [2.75, 3.05) is 7.05 Å². The lowest BCUT2D eigenvalue weighted by Gasteiger charge is -2.18. The number of carbonyl (C=O) groups excluding carboxylic acids is 1. The van der Waals surface area contributed by atoms with E-state index in [0.717, 1.165) is 5.56 Å². The molecule has 112 valence electrons. The van der Waals surface area contributed by atoms with Crippen molar-refractivity contribution in [3.8, 4) is 11.4 Å². The maximum absolute atomic E-state index is 11.2. The Morgan fingerprint density at radius 1 is 1.24 bits per heavy atom. The zero-order valence-corrected chi connectivity index (χ0v) is 13.2. The van der Waals surface area contributed by atoms with E-state index in [9.17, 15) is 4.79 Å². The Bertz CT molecular complexity index is 624. The van der Waals surface area contributed by atoms with Gasteiger partial charge in [0, 0.05) is 19.5 Å². The van der Waals surface area contributed by atoms with Crippen LogP contribution in [0, 0.1) is 0 Å². The topological polar surface area (TPSA) is 59.2 Å². The zero-order valence-electron chi connectivity index (χ0n) is 13.2. The van der Waals surface area contributed by atoms with E-state index in [1.54, 1.807) is 7.05 Å². The average molecular weight is 287 g/mol. The Kier molecular flexibility index (Phi) is 4.11. The summed E-state index contributed by atoms with van der Waals surface area (Å²) < 4.78 is 5.18. The quantitative estimate of drug-likeness (QED) is 0.870. The number of hydrogen-bond donors (Lipinski definition) is 0. The fraction of sp³-hybridized carbons (Fsp3) is 0.438. The molecule has 2 aromatic rings. The normalized spacial score (nSPS) is 11.5. The Morgan fingerprint density at radius 2 is 1.86 bits per heavy atom. The highest BCUT2D eigenvalue weighted by Gasteiger charge is 2.15. The lowest BCUT2D eigenvalue weighted by atomic mass is 9.87. The first-order valence-electron chi connectivity index (χ1n) is 6.92. The molecule has 1 amide bonds. The number of carbonyl (C=O) groups is 1. The van der Waals surface area contributed by atoms with Crippen LogP contribution >= 0.6 is 0 Å². The third kappa shape index (κ3) is 3.68. The van der Waals surface area contributed by atoms with Crippen molar-refractivity contribution in [2.45, 2.75) is 39.7 Å². The van der Waals surface area contributed by atoms with Gasteiger partial charge in [-0.25, -0.2) is 0 Å². The Morgan fingerprint density at radius 3 is 2.38 bits per heavy atom.